The lowest BCUT2D eigenvalue weighted by molar-refractivity contribution is 0.475. The summed E-state index contributed by atoms with van der Waals surface area (Å²) in [6.07, 6.45) is 1.34. The van der Waals surface area contributed by atoms with E-state index < -0.39 is 10.0 Å². The Bertz CT molecular complexity index is 804. The van der Waals surface area contributed by atoms with Gasteiger partial charge in [-0.3, -0.25) is 0 Å². The molecule has 0 amide bonds. The normalized spacial score (nSPS) is 11.8. The Morgan fingerprint density at radius 1 is 1.09 bits per heavy atom. The number of phenolic OH excluding ortho intramolecular Hbond substituents is 1. The summed E-state index contributed by atoms with van der Waals surface area (Å²) in [7, 11) is -3.73. The number of nitrogens with zero attached hydrogens (tertiary/aromatic N) is 1. The number of hydrogen-bond acceptors (Lipinski definition) is 4. The third-order valence-corrected chi connectivity index (χ3v) is 4.66. The van der Waals surface area contributed by atoms with Gasteiger partial charge in [-0.1, -0.05) is 29.8 Å². The van der Waals surface area contributed by atoms with Crippen molar-refractivity contribution in [3.8, 4) is 5.75 Å². The van der Waals surface area contributed by atoms with Gasteiger partial charge in [-0.2, -0.15) is 13.5 Å². The van der Waals surface area contributed by atoms with Crippen molar-refractivity contribution < 1.29 is 13.5 Å². The van der Waals surface area contributed by atoms with Crippen molar-refractivity contribution in [3.63, 3.8) is 0 Å². The Morgan fingerprint density at radius 2 is 1.73 bits per heavy atom. The number of phenols is 1. The van der Waals surface area contributed by atoms with Gasteiger partial charge in [-0.25, -0.2) is 4.83 Å². The van der Waals surface area contributed by atoms with Crippen LogP contribution in [0.2, 0.25) is 0 Å². The molecule has 0 aromatic heterocycles. The number of aromatic hydroxyl groups is 1. The van der Waals surface area contributed by atoms with Crippen LogP contribution in [0.4, 0.5) is 0 Å². The highest BCUT2D eigenvalue weighted by molar-refractivity contribution is 7.89. The second kappa shape index (κ2) is 6.19. The maximum atomic E-state index is 12.4. The molecule has 0 radical (unpaired) electrons. The van der Waals surface area contributed by atoms with Gasteiger partial charge in [0.2, 0.25) is 0 Å². The molecule has 6 heteroatoms. The van der Waals surface area contributed by atoms with Crippen molar-refractivity contribution >= 4 is 16.2 Å². The molecule has 2 aromatic carbocycles. The lowest BCUT2D eigenvalue weighted by Gasteiger charge is -2.11. The summed E-state index contributed by atoms with van der Waals surface area (Å²) >= 11 is 0. The summed E-state index contributed by atoms with van der Waals surface area (Å²) in [5.41, 5.74) is 2.97. The minimum Gasteiger partial charge on any atom is -0.508 e. The first kappa shape index (κ1) is 16.0. The fraction of sp³-hybridized carbons (Fsp3) is 0.188. The third-order valence-electron chi connectivity index (χ3n) is 3.13. The van der Waals surface area contributed by atoms with E-state index in [1.165, 1.54) is 18.3 Å². The minimum atomic E-state index is -3.73. The van der Waals surface area contributed by atoms with Gasteiger partial charge in [-0.15, -0.1) is 0 Å². The van der Waals surface area contributed by atoms with Crippen molar-refractivity contribution in [2.24, 2.45) is 5.10 Å². The lowest BCUT2D eigenvalue weighted by Crippen LogP contribution is -2.20. The largest absolute Gasteiger partial charge is 0.508 e. The van der Waals surface area contributed by atoms with Crippen LogP contribution in [0.5, 0.6) is 5.75 Å². The van der Waals surface area contributed by atoms with Crippen molar-refractivity contribution in [2.75, 3.05) is 0 Å². The average Bonchev–Trinajstić information content (AvgIpc) is 2.36. The van der Waals surface area contributed by atoms with Gasteiger partial charge < -0.3 is 5.11 Å². The molecule has 2 rings (SSSR count). The smallest absolute Gasteiger partial charge is 0.277 e. The Hall–Kier alpha value is -2.34. The van der Waals surface area contributed by atoms with Crippen LogP contribution in [-0.2, 0) is 10.0 Å². The molecule has 0 saturated heterocycles. The first-order valence-corrected chi connectivity index (χ1v) is 8.19. The molecule has 0 saturated carbocycles. The van der Waals surface area contributed by atoms with Crippen molar-refractivity contribution in [1.82, 2.24) is 4.83 Å². The second-order valence-electron chi connectivity index (χ2n) is 5.18. The van der Waals surface area contributed by atoms with Gasteiger partial charge in [0, 0.05) is 0 Å². The molecule has 22 heavy (non-hydrogen) atoms. The predicted octanol–water partition coefficient (Wildman–Crippen LogP) is 2.63. The monoisotopic (exact) mass is 318 g/mol. The summed E-state index contributed by atoms with van der Waals surface area (Å²) in [4.78, 5) is 2.45. The summed E-state index contributed by atoms with van der Waals surface area (Å²) in [5, 5.41) is 13.1. The molecule has 0 bridgehead atoms. The zero-order valence-corrected chi connectivity index (χ0v) is 13.5. The highest BCUT2D eigenvalue weighted by Gasteiger charge is 2.18. The Kier molecular flexibility index (Phi) is 4.51. The van der Waals surface area contributed by atoms with Crippen LogP contribution in [0, 0.1) is 20.8 Å². The quantitative estimate of drug-likeness (QED) is 0.672. The second-order valence-corrected chi connectivity index (χ2v) is 6.77. The first-order chi connectivity index (χ1) is 10.3. The number of hydrogen-bond donors (Lipinski definition) is 2. The van der Waals surface area contributed by atoms with Gasteiger partial charge in [-0.05, 0) is 49.6 Å². The Labute approximate surface area is 130 Å². The summed E-state index contributed by atoms with van der Waals surface area (Å²) in [5.74, 6) is 0.0945. The molecule has 2 aromatic rings. The fourth-order valence-electron chi connectivity index (χ4n) is 2.41. The summed E-state index contributed by atoms with van der Waals surface area (Å²) < 4.78 is 24.7. The predicted molar refractivity (Wildman–Crippen MR) is 86.7 cm³/mol. The topological polar surface area (TPSA) is 78.8 Å². The van der Waals surface area contributed by atoms with Crippen LogP contribution < -0.4 is 4.83 Å². The zero-order valence-electron chi connectivity index (χ0n) is 12.7. The number of benzene rings is 2. The first-order valence-electron chi connectivity index (χ1n) is 6.71. The maximum Gasteiger partial charge on any atom is 0.277 e. The van der Waals surface area contributed by atoms with E-state index in [0.717, 1.165) is 5.56 Å². The van der Waals surface area contributed by atoms with Crippen LogP contribution in [0.3, 0.4) is 0 Å². The average molecular weight is 318 g/mol. The SMILES string of the molecule is Cc1cc(C)c(S(=O)(=O)N/N=C\c2cccc(O)c2)c(C)c1. The molecule has 0 atom stereocenters. The van der Waals surface area contributed by atoms with E-state index in [1.807, 2.05) is 19.1 Å². The molecule has 0 aliphatic carbocycles. The van der Waals surface area contributed by atoms with E-state index in [0.29, 0.717) is 16.7 Å². The van der Waals surface area contributed by atoms with Gasteiger partial charge in [0.15, 0.2) is 0 Å². The van der Waals surface area contributed by atoms with E-state index in [4.69, 9.17) is 0 Å². The number of hydrazone groups is 1. The van der Waals surface area contributed by atoms with Crippen molar-refractivity contribution in [1.29, 1.82) is 0 Å². The molecule has 2 N–H and O–H groups in total. The molecule has 0 spiro atoms. The van der Waals surface area contributed by atoms with E-state index in [1.54, 1.807) is 26.0 Å². The zero-order chi connectivity index (χ0) is 16.3. The molecular formula is C16H18N2O3S. The summed E-state index contributed by atoms with van der Waals surface area (Å²) in [6, 6.07) is 10.0. The van der Waals surface area contributed by atoms with Gasteiger partial charge in [0.05, 0.1) is 11.1 Å². The van der Waals surface area contributed by atoms with Crippen LogP contribution in [0.1, 0.15) is 22.3 Å². The van der Waals surface area contributed by atoms with E-state index >= 15 is 0 Å². The van der Waals surface area contributed by atoms with E-state index in [-0.39, 0.29) is 10.6 Å². The minimum absolute atomic E-state index is 0.0945. The number of nitrogens with one attached hydrogen (secondary N) is 1. The molecule has 0 fully saturated rings. The maximum absolute atomic E-state index is 12.4. The van der Waals surface area contributed by atoms with Crippen LogP contribution in [-0.4, -0.2) is 19.7 Å². The Balaban J connectivity index is 2.26. The van der Waals surface area contributed by atoms with Gasteiger partial charge in [0.25, 0.3) is 10.0 Å². The van der Waals surface area contributed by atoms with E-state index in [9.17, 15) is 13.5 Å². The molecule has 0 unspecified atom stereocenters. The standard InChI is InChI=1S/C16H18N2O3S/c1-11-7-12(2)16(13(3)8-11)22(20,21)18-17-10-14-5-4-6-15(19)9-14/h4-10,18-19H,1-3H3/b17-10-. The highest BCUT2D eigenvalue weighted by atomic mass is 32.2. The fourth-order valence-corrected chi connectivity index (χ4v) is 3.66. The third kappa shape index (κ3) is 3.65. The van der Waals surface area contributed by atoms with Crippen molar-refractivity contribution in [2.45, 2.75) is 25.7 Å². The molecule has 5 nitrogen and oxygen atoms in total. The molecule has 0 heterocycles. The van der Waals surface area contributed by atoms with Crippen LogP contribution in [0.25, 0.3) is 0 Å². The van der Waals surface area contributed by atoms with E-state index in [2.05, 4.69) is 9.93 Å². The van der Waals surface area contributed by atoms with Crippen LogP contribution in [0.15, 0.2) is 46.4 Å². The van der Waals surface area contributed by atoms with Gasteiger partial charge >= 0.3 is 0 Å². The number of rotatable bonds is 4. The molecule has 116 valence electrons. The lowest BCUT2D eigenvalue weighted by atomic mass is 10.1. The van der Waals surface area contributed by atoms with Crippen molar-refractivity contribution in [3.05, 3.63) is 58.7 Å². The number of aryl methyl sites for hydroxylation is 3. The number of sulfonamides is 1. The highest BCUT2D eigenvalue weighted by Crippen LogP contribution is 2.21. The van der Waals surface area contributed by atoms with Crippen LogP contribution >= 0.6 is 0 Å². The molecular weight excluding hydrogens is 300 g/mol. The van der Waals surface area contributed by atoms with Gasteiger partial charge in [0.1, 0.15) is 5.75 Å². The Morgan fingerprint density at radius 3 is 2.32 bits per heavy atom. The summed E-state index contributed by atoms with van der Waals surface area (Å²) in [6.45, 7) is 5.44. The molecule has 0 aliphatic rings. The molecule has 0 aliphatic heterocycles.